The molecule has 0 radical (unpaired) electrons. The molecule has 0 aromatic heterocycles. The zero-order valence-electron chi connectivity index (χ0n) is 12.7. The first-order chi connectivity index (χ1) is 8.63. The van der Waals surface area contributed by atoms with Gasteiger partial charge in [-0.3, -0.25) is 0 Å². The summed E-state index contributed by atoms with van der Waals surface area (Å²) in [6.45, 7) is 9.00. The fourth-order valence-corrected chi connectivity index (χ4v) is 2.47. The highest BCUT2D eigenvalue weighted by atomic mass is 16.5. The molecule has 0 amide bonds. The van der Waals surface area contributed by atoms with E-state index in [9.17, 15) is 0 Å². The maximum Gasteiger partial charge on any atom is 0.118 e. The number of rotatable bonds is 8. The predicted molar refractivity (Wildman–Crippen MR) is 79.5 cm³/mol. The van der Waals surface area contributed by atoms with Crippen molar-refractivity contribution in [1.82, 2.24) is 0 Å². The molecule has 1 aliphatic rings. The van der Waals surface area contributed by atoms with Gasteiger partial charge in [-0.15, -0.1) is 0 Å². The zero-order chi connectivity index (χ0) is 13.4. The molecule has 1 atom stereocenters. The molecule has 0 saturated heterocycles. The number of ether oxygens (including phenoxy) is 1. The Hall–Kier alpha value is -0.720. The first kappa shape index (κ1) is 15.3. The molecule has 1 rings (SSSR count). The Balaban J connectivity index is 2.49. The second-order valence-electron chi connectivity index (χ2n) is 5.90. The van der Waals surface area contributed by atoms with Gasteiger partial charge in [0.1, 0.15) is 5.76 Å². The molecule has 0 bridgehead atoms. The van der Waals surface area contributed by atoms with E-state index in [0.29, 0.717) is 12.0 Å². The summed E-state index contributed by atoms with van der Waals surface area (Å²) >= 11 is 0. The lowest BCUT2D eigenvalue weighted by atomic mass is 10.00. The van der Waals surface area contributed by atoms with Crippen LogP contribution in [0.1, 0.15) is 72.6 Å². The highest BCUT2D eigenvalue weighted by molar-refractivity contribution is 5.26. The Kier molecular flexibility index (Phi) is 7.15. The van der Waals surface area contributed by atoms with Crippen molar-refractivity contribution in [3.8, 4) is 0 Å². The van der Waals surface area contributed by atoms with Crippen LogP contribution in [-0.4, -0.2) is 6.10 Å². The highest BCUT2D eigenvalue weighted by Gasteiger charge is 2.15. The lowest BCUT2D eigenvalue weighted by Gasteiger charge is -2.24. The molecule has 104 valence electrons. The number of allylic oxidation sites excluding steroid dienone is 3. The van der Waals surface area contributed by atoms with Gasteiger partial charge in [-0.25, -0.2) is 0 Å². The standard InChI is InChI=1S/C17H30O/c1-5-6-7-11-16(13-14(2)3)18-17-12-9-8-10-15(17)4/h10,12,14,16H,5-9,11,13H2,1-4H3. The Labute approximate surface area is 113 Å². The molecule has 0 aromatic carbocycles. The van der Waals surface area contributed by atoms with Crippen LogP contribution in [-0.2, 0) is 4.74 Å². The minimum absolute atomic E-state index is 0.407. The van der Waals surface area contributed by atoms with Crippen LogP contribution in [0, 0.1) is 5.92 Å². The van der Waals surface area contributed by atoms with E-state index in [1.807, 2.05) is 0 Å². The van der Waals surface area contributed by atoms with Crippen LogP contribution in [0.2, 0.25) is 0 Å². The fraction of sp³-hybridized carbons (Fsp3) is 0.765. The van der Waals surface area contributed by atoms with Crippen LogP contribution in [0.5, 0.6) is 0 Å². The minimum atomic E-state index is 0.407. The van der Waals surface area contributed by atoms with Crippen molar-refractivity contribution in [2.24, 2.45) is 5.92 Å². The molecule has 0 aliphatic heterocycles. The van der Waals surface area contributed by atoms with E-state index in [-0.39, 0.29) is 0 Å². The van der Waals surface area contributed by atoms with Crippen LogP contribution >= 0.6 is 0 Å². The Morgan fingerprint density at radius 2 is 1.89 bits per heavy atom. The van der Waals surface area contributed by atoms with E-state index < -0.39 is 0 Å². The van der Waals surface area contributed by atoms with E-state index in [1.165, 1.54) is 44.1 Å². The maximum atomic E-state index is 6.25. The van der Waals surface area contributed by atoms with Gasteiger partial charge in [-0.1, -0.05) is 39.7 Å². The van der Waals surface area contributed by atoms with Gasteiger partial charge >= 0.3 is 0 Å². The summed E-state index contributed by atoms with van der Waals surface area (Å²) in [5, 5.41) is 0. The van der Waals surface area contributed by atoms with Gasteiger partial charge in [0.2, 0.25) is 0 Å². The molecule has 1 nitrogen and oxygen atoms in total. The third-order valence-corrected chi connectivity index (χ3v) is 3.49. The number of hydrogen-bond donors (Lipinski definition) is 0. The molecule has 0 saturated carbocycles. The summed E-state index contributed by atoms with van der Waals surface area (Å²) in [5.41, 5.74) is 1.32. The van der Waals surface area contributed by atoms with Crippen LogP contribution in [0.3, 0.4) is 0 Å². The van der Waals surface area contributed by atoms with Gasteiger partial charge in [0.15, 0.2) is 0 Å². The second-order valence-corrected chi connectivity index (χ2v) is 5.90. The normalized spacial score (nSPS) is 17.4. The van der Waals surface area contributed by atoms with Gasteiger partial charge in [0.25, 0.3) is 0 Å². The summed E-state index contributed by atoms with van der Waals surface area (Å²) in [5.74, 6) is 1.86. The van der Waals surface area contributed by atoms with E-state index in [2.05, 4.69) is 39.8 Å². The summed E-state index contributed by atoms with van der Waals surface area (Å²) in [6, 6.07) is 0. The van der Waals surface area contributed by atoms with E-state index >= 15 is 0 Å². The smallest absolute Gasteiger partial charge is 0.118 e. The van der Waals surface area contributed by atoms with E-state index in [4.69, 9.17) is 4.74 Å². The second kappa shape index (κ2) is 8.39. The average Bonchev–Trinajstić information content (AvgIpc) is 2.31. The largest absolute Gasteiger partial charge is 0.491 e. The zero-order valence-corrected chi connectivity index (χ0v) is 12.7. The third-order valence-electron chi connectivity index (χ3n) is 3.49. The summed E-state index contributed by atoms with van der Waals surface area (Å²) in [6.07, 6.45) is 13.6. The average molecular weight is 250 g/mol. The minimum Gasteiger partial charge on any atom is -0.491 e. The number of unbranched alkanes of at least 4 members (excludes halogenated alkanes) is 2. The predicted octanol–water partition coefficient (Wildman–Crippen LogP) is 5.62. The molecule has 0 spiro atoms. The molecule has 1 aliphatic carbocycles. The van der Waals surface area contributed by atoms with Crippen LogP contribution in [0.25, 0.3) is 0 Å². The molecular weight excluding hydrogens is 220 g/mol. The van der Waals surface area contributed by atoms with Gasteiger partial charge in [0.05, 0.1) is 6.10 Å². The van der Waals surface area contributed by atoms with Crippen molar-refractivity contribution in [2.45, 2.75) is 78.7 Å². The topological polar surface area (TPSA) is 9.23 Å². The Bertz CT molecular complexity index is 286. The van der Waals surface area contributed by atoms with Gasteiger partial charge in [-0.05, 0) is 56.6 Å². The lowest BCUT2D eigenvalue weighted by molar-refractivity contribution is 0.0908. The Morgan fingerprint density at radius 1 is 1.17 bits per heavy atom. The Morgan fingerprint density at radius 3 is 2.50 bits per heavy atom. The van der Waals surface area contributed by atoms with Crippen molar-refractivity contribution < 1.29 is 4.74 Å². The van der Waals surface area contributed by atoms with Crippen molar-refractivity contribution in [2.75, 3.05) is 0 Å². The van der Waals surface area contributed by atoms with Crippen molar-refractivity contribution in [1.29, 1.82) is 0 Å². The van der Waals surface area contributed by atoms with E-state index in [0.717, 1.165) is 12.2 Å². The van der Waals surface area contributed by atoms with Gasteiger partial charge < -0.3 is 4.74 Å². The highest BCUT2D eigenvalue weighted by Crippen LogP contribution is 2.25. The van der Waals surface area contributed by atoms with Crippen molar-refractivity contribution >= 4 is 0 Å². The van der Waals surface area contributed by atoms with Crippen molar-refractivity contribution in [3.05, 3.63) is 23.5 Å². The fourth-order valence-electron chi connectivity index (χ4n) is 2.47. The maximum absolute atomic E-state index is 6.25. The summed E-state index contributed by atoms with van der Waals surface area (Å²) in [4.78, 5) is 0. The molecule has 0 heterocycles. The van der Waals surface area contributed by atoms with Gasteiger partial charge in [-0.2, -0.15) is 0 Å². The monoisotopic (exact) mass is 250 g/mol. The first-order valence-electron chi connectivity index (χ1n) is 7.67. The van der Waals surface area contributed by atoms with Gasteiger partial charge in [0, 0.05) is 0 Å². The molecular formula is C17H30O. The summed E-state index contributed by atoms with van der Waals surface area (Å²) in [7, 11) is 0. The van der Waals surface area contributed by atoms with Crippen LogP contribution in [0.4, 0.5) is 0 Å². The molecule has 1 heteroatoms. The SMILES string of the molecule is CCCCCC(CC(C)C)OC1=CCCC=C1C. The number of hydrogen-bond acceptors (Lipinski definition) is 1. The molecule has 0 N–H and O–H groups in total. The molecule has 0 aromatic rings. The molecule has 18 heavy (non-hydrogen) atoms. The molecule has 1 unspecified atom stereocenters. The third kappa shape index (κ3) is 5.75. The quantitative estimate of drug-likeness (QED) is 0.508. The van der Waals surface area contributed by atoms with E-state index in [1.54, 1.807) is 0 Å². The summed E-state index contributed by atoms with van der Waals surface area (Å²) < 4.78 is 6.25. The van der Waals surface area contributed by atoms with Crippen LogP contribution < -0.4 is 0 Å². The van der Waals surface area contributed by atoms with Crippen LogP contribution in [0.15, 0.2) is 23.5 Å². The lowest BCUT2D eigenvalue weighted by Crippen LogP contribution is -2.16. The van der Waals surface area contributed by atoms with Crippen molar-refractivity contribution in [3.63, 3.8) is 0 Å². The first-order valence-corrected chi connectivity index (χ1v) is 7.67. The molecule has 0 fully saturated rings.